The van der Waals surface area contributed by atoms with Crippen LogP contribution in [-0.2, 0) is 9.84 Å². The second-order valence-corrected chi connectivity index (χ2v) is 7.73. The van der Waals surface area contributed by atoms with Gasteiger partial charge in [-0.25, -0.2) is 8.42 Å². The zero-order valence-corrected chi connectivity index (χ0v) is 11.1. The van der Waals surface area contributed by atoms with E-state index in [0.717, 1.165) is 45.2 Å². The lowest BCUT2D eigenvalue weighted by molar-refractivity contribution is 0.114. The Morgan fingerprint density at radius 1 is 1.38 bits per heavy atom. The van der Waals surface area contributed by atoms with Crippen molar-refractivity contribution in [3.63, 3.8) is 0 Å². The van der Waals surface area contributed by atoms with E-state index in [-0.39, 0.29) is 10.7 Å². The van der Waals surface area contributed by atoms with E-state index < -0.39 is 9.84 Å². The molecule has 1 saturated carbocycles. The van der Waals surface area contributed by atoms with Crippen molar-refractivity contribution < 1.29 is 8.42 Å². The van der Waals surface area contributed by atoms with Crippen molar-refractivity contribution in [3.05, 3.63) is 0 Å². The molecule has 0 bridgehead atoms. The first-order valence-corrected chi connectivity index (χ1v) is 8.36. The summed E-state index contributed by atoms with van der Waals surface area (Å²) in [5.41, 5.74) is 0.0909. The Balaban J connectivity index is 2.33. The van der Waals surface area contributed by atoms with Gasteiger partial charge in [0.1, 0.15) is 0 Å². The summed E-state index contributed by atoms with van der Waals surface area (Å²) in [6, 6.07) is 0. The van der Waals surface area contributed by atoms with E-state index in [2.05, 4.69) is 12.2 Å². The van der Waals surface area contributed by atoms with E-state index in [1.165, 1.54) is 6.26 Å². The fraction of sp³-hybridized carbons (Fsp3) is 1.00. The van der Waals surface area contributed by atoms with Gasteiger partial charge >= 0.3 is 0 Å². The van der Waals surface area contributed by atoms with Gasteiger partial charge in [-0.1, -0.05) is 19.8 Å². The van der Waals surface area contributed by atoms with Gasteiger partial charge in [0.25, 0.3) is 0 Å². The molecule has 2 fully saturated rings. The third-order valence-electron chi connectivity index (χ3n) is 4.73. The maximum Gasteiger partial charge on any atom is 0.150 e. The maximum absolute atomic E-state index is 11.9. The lowest BCUT2D eigenvalue weighted by atomic mass is 9.68. The zero-order chi connectivity index (χ0) is 11.8. The Morgan fingerprint density at radius 2 is 2.12 bits per heavy atom. The van der Waals surface area contributed by atoms with Gasteiger partial charge in [-0.2, -0.15) is 0 Å². The minimum atomic E-state index is -2.88. The van der Waals surface area contributed by atoms with E-state index in [1.54, 1.807) is 0 Å². The van der Waals surface area contributed by atoms with Crippen LogP contribution in [0.25, 0.3) is 0 Å². The quantitative estimate of drug-likeness (QED) is 0.803. The van der Waals surface area contributed by atoms with Crippen molar-refractivity contribution in [1.29, 1.82) is 0 Å². The standard InChI is InChI=1S/C12H23NO2S/c1-3-10-9-13-8-7-12(10)6-4-5-11(12)16(2,14)15/h10-11,13H,3-9H2,1-2H3. The van der Waals surface area contributed by atoms with Gasteiger partial charge in [0.15, 0.2) is 9.84 Å². The van der Waals surface area contributed by atoms with Crippen LogP contribution in [0.1, 0.15) is 39.0 Å². The average Bonchev–Trinajstić information content (AvgIpc) is 2.63. The molecule has 1 heterocycles. The Bertz CT molecular complexity index is 352. The third-order valence-corrected chi connectivity index (χ3v) is 6.47. The fourth-order valence-corrected chi connectivity index (χ4v) is 5.89. The molecule has 1 aliphatic carbocycles. The first-order chi connectivity index (χ1) is 7.50. The molecule has 16 heavy (non-hydrogen) atoms. The molecular weight excluding hydrogens is 222 g/mol. The molecular formula is C12H23NO2S. The summed E-state index contributed by atoms with van der Waals surface area (Å²) >= 11 is 0. The van der Waals surface area contributed by atoms with Crippen LogP contribution in [-0.4, -0.2) is 33.0 Å². The number of sulfone groups is 1. The topological polar surface area (TPSA) is 46.2 Å². The lowest BCUT2D eigenvalue weighted by Crippen LogP contribution is -2.50. The van der Waals surface area contributed by atoms with Crippen molar-refractivity contribution in [3.8, 4) is 0 Å². The summed E-state index contributed by atoms with van der Waals surface area (Å²) in [5, 5.41) is 3.34. The van der Waals surface area contributed by atoms with Crippen LogP contribution in [0.2, 0.25) is 0 Å². The number of piperidine rings is 1. The maximum atomic E-state index is 11.9. The predicted molar refractivity (Wildman–Crippen MR) is 66.2 cm³/mol. The molecule has 0 aromatic heterocycles. The van der Waals surface area contributed by atoms with E-state index in [4.69, 9.17) is 0 Å². The molecule has 0 aromatic rings. The molecule has 1 saturated heterocycles. The number of hydrogen-bond acceptors (Lipinski definition) is 3. The molecule has 3 unspecified atom stereocenters. The Labute approximate surface area is 98.9 Å². The largest absolute Gasteiger partial charge is 0.316 e. The molecule has 0 aromatic carbocycles. The molecule has 0 amide bonds. The van der Waals surface area contributed by atoms with Gasteiger partial charge < -0.3 is 5.32 Å². The highest BCUT2D eigenvalue weighted by molar-refractivity contribution is 7.91. The molecule has 1 N–H and O–H groups in total. The van der Waals surface area contributed by atoms with Crippen LogP contribution in [0, 0.1) is 11.3 Å². The molecule has 3 nitrogen and oxygen atoms in total. The number of rotatable bonds is 2. The highest BCUT2D eigenvalue weighted by Crippen LogP contribution is 2.52. The zero-order valence-electron chi connectivity index (χ0n) is 10.3. The Kier molecular flexibility index (Phi) is 3.32. The van der Waals surface area contributed by atoms with Crippen LogP contribution < -0.4 is 5.32 Å². The van der Waals surface area contributed by atoms with Crippen molar-refractivity contribution >= 4 is 9.84 Å². The summed E-state index contributed by atoms with van der Waals surface area (Å²) in [6.07, 6.45) is 6.66. The molecule has 0 radical (unpaired) electrons. The molecule has 2 rings (SSSR count). The molecule has 94 valence electrons. The minimum Gasteiger partial charge on any atom is -0.316 e. The monoisotopic (exact) mass is 245 g/mol. The van der Waals surface area contributed by atoms with E-state index in [1.807, 2.05) is 0 Å². The van der Waals surface area contributed by atoms with Crippen molar-refractivity contribution in [1.82, 2.24) is 5.32 Å². The summed E-state index contributed by atoms with van der Waals surface area (Å²) in [4.78, 5) is 0. The third kappa shape index (κ3) is 1.90. The highest BCUT2D eigenvalue weighted by atomic mass is 32.2. The highest BCUT2D eigenvalue weighted by Gasteiger charge is 2.52. The summed E-state index contributed by atoms with van der Waals surface area (Å²) in [5.74, 6) is 0.545. The summed E-state index contributed by atoms with van der Waals surface area (Å²) < 4.78 is 23.9. The number of nitrogens with one attached hydrogen (secondary N) is 1. The predicted octanol–water partition coefficient (Wildman–Crippen LogP) is 1.59. The van der Waals surface area contributed by atoms with Crippen molar-refractivity contribution in [2.45, 2.75) is 44.3 Å². The Morgan fingerprint density at radius 3 is 2.75 bits per heavy atom. The minimum absolute atomic E-state index is 0.0768. The van der Waals surface area contributed by atoms with Gasteiger partial charge in [0, 0.05) is 6.26 Å². The van der Waals surface area contributed by atoms with Gasteiger partial charge in [-0.05, 0) is 43.7 Å². The molecule has 3 atom stereocenters. The van der Waals surface area contributed by atoms with Crippen LogP contribution in [0.3, 0.4) is 0 Å². The van der Waals surface area contributed by atoms with E-state index in [0.29, 0.717) is 5.92 Å². The van der Waals surface area contributed by atoms with Crippen LogP contribution in [0.15, 0.2) is 0 Å². The van der Waals surface area contributed by atoms with Gasteiger partial charge in [0.2, 0.25) is 0 Å². The van der Waals surface area contributed by atoms with Gasteiger partial charge in [0.05, 0.1) is 5.25 Å². The van der Waals surface area contributed by atoms with Crippen LogP contribution in [0.4, 0.5) is 0 Å². The van der Waals surface area contributed by atoms with Crippen molar-refractivity contribution in [2.24, 2.45) is 11.3 Å². The molecule has 4 heteroatoms. The fourth-order valence-electron chi connectivity index (χ4n) is 4.01. The van der Waals surface area contributed by atoms with Crippen LogP contribution in [0.5, 0.6) is 0 Å². The van der Waals surface area contributed by atoms with Crippen molar-refractivity contribution in [2.75, 3.05) is 19.3 Å². The number of hydrogen-bond donors (Lipinski definition) is 1. The van der Waals surface area contributed by atoms with Crippen LogP contribution >= 0.6 is 0 Å². The molecule has 1 spiro atoms. The Hall–Kier alpha value is -0.0900. The lowest BCUT2D eigenvalue weighted by Gasteiger charge is -2.45. The summed E-state index contributed by atoms with van der Waals surface area (Å²) in [7, 11) is -2.88. The van der Waals surface area contributed by atoms with E-state index in [9.17, 15) is 8.42 Å². The smallest absolute Gasteiger partial charge is 0.150 e. The normalized spacial score (nSPS) is 40.4. The average molecular weight is 245 g/mol. The first-order valence-electron chi connectivity index (χ1n) is 6.40. The second-order valence-electron chi connectivity index (χ2n) is 5.50. The SMILES string of the molecule is CCC1CNCCC12CCCC2S(C)(=O)=O. The summed E-state index contributed by atoms with van der Waals surface area (Å²) in [6.45, 7) is 4.18. The van der Waals surface area contributed by atoms with Gasteiger partial charge in [-0.3, -0.25) is 0 Å². The van der Waals surface area contributed by atoms with Gasteiger partial charge in [-0.15, -0.1) is 0 Å². The first kappa shape index (κ1) is 12.4. The van der Waals surface area contributed by atoms with E-state index >= 15 is 0 Å². The molecule has 2 aliphatic rings. The second kappa shape index (κ2) is 4.30. The molecule has 1 aliphatic heterocycles.